The molecule has 0 fully saturated rings. The molecule has 0 spiro atoms. The lowest BCUT2D eigenvalue weighted by Crippen LogP contribution is -2.31. The fraction of sp³-hybridized carbons (Fsp3) is 0.263. The fourth-order valence-electron chi connectivity index (χ4n) is 2.54. The quantitative estimate of drug-likeness (QED) is 0.316. The lowest BCUT2D eigenvalue weighted by Gasteiger charge is -2.13. The van der Waals surface area contributed by atoms with Crippen LogP contribution in [0.15, 0.2) is 53.7 Å². The molecule has 0 saturated carbocycles. The third-order valence-electron chi connectivity index (χ3n) is 3.95. The topological polar surface area (TPSA) is 126 Å². The highest BCUT2D eigenvalue weighted by Gasteiger charge is 2.17. The van der Waals surface area contributed by atoms with Gasteiger partial charge >= 0.3 is 0 Å². The molecule has 0 bridgehead atoms. The number of anilines is 1. The van der Waals surface area contributed by atoms with Crippen LogP contribution in [0.25, 0.3) is 0 Å². The minimum atomic E-state index is -1.02. The van der Waals surface area contributed by atoms with Gasteiger partial charge in [-0.3, -0.25) is 4.79 Å². The van der Waals surface area contributed by atoms with Crippen molar-refractivity contribution in [3.05, 3.63) is 65.6 Å². The van der Waals surface area contributed by atoms with Crippen LogP contribution in [-0.2, 0) is 32.8 Å². The number of benzene rings is 1. The molecule has 3 rings (SSSR count). The Morgan fingerprint density at radius 3 is 2.57 bits per heavy atom. The Labute approximate surface area is 172 Å². The van der Waals surface area contributed by atoms with Gasteiger partial charge in [0.15, 0.2) is 12.3 Å². The summed E-state index contributed by atoms with van der Waals surface area (Å²) in [7, 11) is 4.47. The van der Waals surface area contributed by atoms with Crippen molar-refractivity contribution in [3.63, 3.8) is 0 Å². The van der Waals surface area contributed by atoms with Crippen LogP contribution in [-0.4, -0.2) is 57.3 Å². The van der Waals surface area contributed by atoms with Crippen LogP contribution in [0, 0.1) is 0 Å². The van der Waals surface area contributed by atoms with Crippen molar-refractivity contribution >= 4 is 17.4 Å². The number of ether oxygens (including phenoxy) is 2. The van der Waals surface area contributed by atoms with E-state index in [0.29, 0.717) is 23.0 Å². The van der Waals surface area contributed by atoms with Gasteiger partial charge in [-0.05, 0) is 22.6 Å². The predicted molar refractivity (Wildman–Crippen MR) is 106 cm³/mol. The number of hydrogen-bond acceptors (Lipinski definition) is 9. The molecule has 2 heterocycles. The number of tetrazole rings is 1. The van der Waals surface area contributed by atoms with Gasteiger partial charge in [-0.25, -0.2) is 9.67 Å². The SMILES string of the molecule is COC(OC)C(=O)Nc1cccc(CON=C(c2ccccc2)c2nnnn2C)n1. The average molecular weight is 411 g/mol. The first-order valence-corrected chi connectivity index (χ1v) is 8.93. The van der Waals surface area contributed by atoms with Gasteiger partial charge in [-0.15, -0.1) is 5.10 Å². The van der Waals surface area contributed by atoms with Crippen molar-refractivity contribution in [2.45, 2.75) is 12.9 Å². The van der Waals surface area contributed by atoms with Crippen LogP contribution in [0.3, 0.4) is 0 Å². The molecular formula is C19H21N7O4. The van der Waals surface area contributed by atoms with Crippen LogP contribution < -0.4 is 5.32 Å². The van der Waals surface area contributed by atoms with Crippen molar-refractivity contribution in [2.24, 2.45) is 12.2 Å². The van der Waals surface area contributed by atoms with Gasteiger partial charge in [-0.2, -0.15) is 0 Å². The Morgan fingerprint density at radius 2 is 1.90 bits per heavy atom. The molecule has 0 aliphatic rings. The minimum Gasteiger partial charge on any atom is -0.389 e. The number of pyridine rings is 1. The standard InChI is InChI=1S/C19H21N7O4/c1-26-17(22-24-25-26)16(13-8-5-4-6-9-13)23-30-12-14-10-7-11-15(20-14)21-18(27)19(28-2)29-3/h4-11,19H,12H2,1-3H3,(H,20,21,27). The molecule has 30 heavy (non-hydrogen) atoms. The Hall–Kier alpha value is -3.70. The third-order valence-corrected chi connectivity index (χ3v) is 3.95. The molecule has 11 nitrogen and oxygen atoms in total. The molecule has 0 aliphatic heterocycles. The van der Waals surface area contributed by atoms with Gasteiger partial charge in [0.2, 0.25) is 12.1 Å². The highest BCUT2D eigenvalue weighted by molar-refractivity contribution is 6.10. The second-order valence-corrected chi connectivity index (χ2v) is 6.01. The third kappa shape index (κ3) is 5.21. The lowest BCUT2D eigenvalue weighted by molar-refractivity contribution is -0.153. The first kappa shape index (κ1) is 21.0. The molecule has 0 unspecified atom stereocenters. The molecule has 1 amide bonds. The number of methoxy groups -OCH3 is 2. The van der Waals surface area contributed by atoms with E-state index in [0.717, 1.165) is 5.56 Å². The maximum Gasteiger partial charge on any atom is 0.282 e. The van der Waals surface area contributed by atoms with Gasteiger partial charge in [0.1, 0.15) is 5.82 Å². The molecule has 2 aromatic heterocycles. The number of nitrogens with one attached hydrogen (secondary N) is 1. The van der Waals surface area contributed by atoms with Crippen molar-refractivity contribution < 1.29 is 19.1 Å². The van der Waals surface area contributed by atoms with Crippen molar-refractivity contribution in [1.29, 1.82) is 0 Å². The highest BCUT2D eigenvalue weighted by atomic mass is 16.7. The Kier molecular flexibility index (Phi) is 7.14. The van der Waals surface area contributed by atoms with E-state index >= 15 is 0 Å². The Morgan fingerprint density at radius 1 is 1.13 bits per heavy atom. The Bertz CT molecular complexity index is 1000. The summed E-state index contributed by atoms with van der Waals surface area (Å²) in [6.45, 7) is 0.0727. The van der Waals surface area contributed by atoms with Crippen LogP contribution in [0.5, 0.6) is 0 Å². The predicted octanol–water partition coefficient (Wildman–Crippen LogP) is 1.13. The number of carbonyl (C=O) groups excluding carboxylic acids is 1. The zero-order chi connectivity index (χ0) is 21.3. The van der Waals surface area contributed by atoms with Gasteiger partial charge in [0.05, 0.1) is 5.69 Å². The molecule has 156 valence electrons. The molecular weight excluding hydrogens is 390 g/mol. The molecule has 0 atom stereocenters. The van der Waals surface area contributed by atoms with Gasteiger partial charge < -0.3 is 19.6 Å². The van der Waals surface area contributed by atoms with E-state index in [-0.39, 0.29) is 6.61 Å². The van der Waals surface area contributed by atoms with Gasteiger partial charge in [-0.1, -0.05) is 41.6 Å². The average Bonchev–Trinajstić information content (AvgIpc) is 3.18. The molecule has 3 aromatic rings. The Balaban J connectivity index is 1.73. The van der Waals surface area contributed by atoms with Gasteiger partial charge in [0, 0.05) is 26.8 Å². The van der Waals surface area contributed by atoms with Crippen LogP contribution in [0.1, 0.15) is 17.1 Å². The number of aromatic nitrogens is 5. The van der Waals surface area contributed by atoms with E-state index in [1.54, 1.807) is 25.2 Å². The summed E-state index contributed by atoms with van der Waals surface area (Å²) < 4.78 is 11.3. The first-order valence-electron chi connectivity index (χ1n) is 8.93. The second-order valence-electron chi connectivity index (χ2n) is 6.01. The minimum absolute atomic E-state index is 0.0727. The molecule has 1 N–H and O–H groups in total. The summed E-state index contributed by atoms with van der Waals surface area (Å²) in [5.74, 6) is 0.329. The zero-order valence-electron chi connectivity index (χ0n) is 16.7. The number of nitrogens with zero attached hydrogens (tertiary/aromatic N) is 6. The van der Waals surface area contributed by atoms with Crippen molar-refractivity contribution in [2.75, 3.05) is 19.5 Å². The largest absolute Gasteiger partial charge is 0.389 e. The zero-order valence-corrected chi connectivity index (χ0v) is 16.7. The summed E-state index contributed by atoms with van der Waals surface area (Å²) in [4.78, 5) is 21.9. The summed E-state index contributed by atoms with van der Waals surface area (Å²) in [6, 6.07) is 14.6. The van der Waals surface area contributed by atoms with Crippen LogP contribution >= 0.6 is 0 Å². The molecule has 0 aliphatic carbocycles. The van der Waals surface area contributed by atoms with Crippen LogP contribution in [0.4, 0.5) is 5.82 Å². The van der Waals surface area contributed by atoms with E-state index in [1.165, 1.54) is 18.9 Å². The van der Waals surface area contributed by atoms with Crippen molar-refractivity contribution in [1.82, 2.24) is 25.2 Å². The van der Waals surface area contributed by atoms with E-state index < -0.39 is 12.2 Å². The van der Waals surface area contributed by atoms with Crippen molar-refractivity contribution in [3.8, 4) is 0 Å². The molecule has 0 saturated heterocycles. The number of hydrogen-bond donors (Lipinski definition) is 1. The normalized spacial score (nSPS) is 11.5. The highest BCUT2D eigenvalue weighted by Crippen LogP contribution is 2.11. The number of rotatable bonds is 9. The summed E-state index contributed by atoms with van der Waals surface area (Å²) in [5.41, 5.74) is 1.84. The smallest absolute Gasteiger partial charge is 0.282 e. The maximum atomic E-state index is 12.0. The molecule has 11 heteroatoms. The lowest BCUT2D eigenvalue weighted by atomic mass is 10.1. The van der Waals surface area contributed by atoms with E-state index in [1.807, 2.05) is 30.3 Å². The number of amides is 1. The summed E-state index contributed by atoms with van der Waals surface area (Å²) in [6.07, 6.45) is -1.02. The van der Waals surface area contributed by atoms with Crippen LogP contribution in [0.2, 0.25) is 0 Å². The maximum absolute atomic E-state index is 12.0. The summed E-state index contributed by atoms with van der Waals surface area (Å²) in [5, 5.41) is 18.3. The first-order chi connectivity index (χ1) is 14.6. The van der Waals surface area contributed by atoms with E-state index in [2.05, 4.69) is 31.0 Å². The second kappa shape index (κ2) is 10.2. The fourth-order valence-corrected chi connectivity index (χ4v) is 2.54. The van der Waals surface area contributed by atoms with E-state index in [9.17, 15) is 4.79 Å². The number of aryl methyl sites for hydroxylation is 1. The monoisotopic (exact) mass is 411 g/mol. The van der Waals surface area contributed by atoms with Gasteiger partial charge in [0.25, 0.3) is 5.91 Å². The number of oxime groups is 1. The van der Waals surface area contributed by atoms with E-state index in [4.69, 9.17) is 14.3 Å². The molecule has 0 radical (unpaired) electrons. The number of carbonyl (C=O) groups is 1. The molecule has 1 aromatic carbocycles. The summed E-state index contributed by atoms with van der Waals surface area (Å²) >= 11 is 0.